The van der Waals surface area contributed by atoms with Crippen molar-refractivity contribution in [2.24, 2.45) is 0 Å². The van der Waals surface area contributed by atoms with Gasteiger partial charge in [-0.2, -0.15) is 0 Å². The number of hydrogen-bond donors (Lipinski definition) is 2. The van der Waals surface area contributed by atoms with Crippen LogP contribution in [0, 0.1) is 6.92 Å². The minimum atomic E-state index is -0.449. The Labute approximate surface area is 234 Å². The number of aromatic nitrogens is 4. The predicted octanol–water partition coefficient (Wildman–Crippen LogP) is 6.66. The number of rotatable bonds is 12. The molecule has 0 unspecified atom stereocenters. The molecule has 3 heterocycles. The molecule has 0 bridgehead atoms. The Balaban J connectivity index is 1.33. The monoisotopic (exact) mass is 560 g/mol. The molecule has 0 radical (unpaired) electrons. The Kier molecular flexibility index (Phi) is 8.71. The number of nitrogens with zero attached hydrogens (tertiary/aromatic N) is 4. The zero-order valence-corrected chi connectivity index (χ0v) is 23.3. The van der Waals surface area contributed by atoms with Crippen LogP contribution in [0.2, 0.25) is 0 Å². The number of carbonyl (C=O) groups excluding carboxylic acids is 1. The summed E-state index contributed by atoms with van der Waals surface area (Å²) in [7, 11) is 0. The highest BCUT2D eigenvalue weighted by molar-refractivity contribution is 7.22. The molecule has 0 fully saturated rings. The van der Waals surface area contributed by atoms with Crippen molar-refractivity contribution >= 4 is 60.8 Å². The average Bonchev–Trinajstić information content (AvgIpc) is 3.59. The van der Waals surface area contributed by atoms with Gasteiger partial charge in [-0.05, 0) is 44.4 Å². The largest absolute Gasteiger partial charge is 0.461 e. The van der Waals surface area contributed by atoms with Crippen LogP contribution in [0.25, 0.3) is 10.2 Å². The predicted molar refractivity (Wildman–Crippen MR) is 155 cm³/mol. The molecular weight excluding hydrogens is 532 g/mol. The highest BCUT2D eigenvalue weighted by Crippen LogP contribution is 2.32. The van der Waals surface area contributed by atoms with E-state index in [1.165, 1.54) is 11.3 Å². The number of fused-ring (bicyclic) bond motifs is 1. The fraction of sp³-hybridized carbons (Fsp3) is 0.250. The number of thiazole rings is 2. The molecule has 0 aliphatic rings. The van der Waals surface area contributed by atoms with E-state index in [1.807, 2.05) is 49.4 Å². The summed E-state index contributed by atoms with van der Waals surface area (Å²) in [6.45, 7) is 5.24. The van der Waals surface area contributed by atoms with Gasteiger partial charge in [-0.1, -0.05) is 53.8 Å². The van der Waals surface area contributed by atoms with Crippen molar-refractivity contribution in [1.29, 1.82) is 0 Å². The summed E-state index contributed by atoms with van der Waals surface area (Å²) >= 11 is 2.88. The van der Waals surface area contributed by atoms with Crippen LogP contribution in [-0.4, -0.2) is 39.3 Å². The molecule has 39 heavy (non-hydrogen) atoms. The first-order chi connectivity index (χ1) is 19.1. The summed E-state index contributed by atoms with van der Waals surface area (Å²) in [6.07, 6.45) is 1.50. The van der Waals surface area contributed by atoms with E-state index >= 15 is 0 Å². The molecule has 0 aliphatic heterocycles. The lowest BCUT2D eigenvalue weighted by Crippen LogP contribution is -2.09. The average molecular weight is 561 g/mol. The number of ether oxygens (including phenoxy) is 2. The molecule has 0 atom stereocenters. The van der Waals surface area contributed by atoms with Crippen LogP contribution in [0.5, 0.6) is 0 Å². The van der Waals surface area contributed by atoms with Gasteiger partial charge in [0.15, 0.2) is 27.6 Å². The number of para-hydroxylation sites is 1. The zero-order chi connectivity index (χ0) is 27.0. The van der Waals surface area contributed by atoms with E-state index < -0.39 is 5.97 Å². The van der Waals surface area contributed by atoms with Crippen molar-refractivity contribution in [3.8, 4) is 0 Å². The second-order valence-electron chi connectivity index (χ2n) is 8.64. The Bertz CT molecular complexity index is 1520. The maximum atomic E-state index is 12.1. The highest BCUT2D eigenvalue weighted by atomic mass is 32.1. The summed E-state index contributed by atoms with van der Waals surface area (Å²) in [4.78, 5) is 21.1. The summed E-state index contributed by atoms with van der Waals surface area (Å²) in [6, 6.07) is 18.1. The Morgan fingerprint density at radius 3 is 2.54 bits per heavy atom. The smallest absolute Gasteiger partial charge is 0.357 e. The summed E-state index contributed by atoms with van der Waals surface area (Å²) in [5.41, 5.74) is 4.29. The van der Waals surface area contributed by atoms with E-state index in [0.29, 0.717) is 43.0 Å². The second kappa shape index (κ2) is 12.7. The quantitative estimate of drug-likeness (QED) is 0.128. The minimum absolute atomic E-state index is 0.263. The van der Waals surface area contributed by atoms with Crippen LogP contribution < -0.4 is 10.6 Å². The molecule has 5 rings (SSSR count). The third kappa shape index (κ3) is 6.75. The molecule has 2 aromatic carbocycles. The maximum Gasteiger partial charge on any atom is 0.357 e. The van der Waals surface area contributed by atoms with Gasteiger partial charge in [0.1, 0.15) is 0 Å². The van der Waals surface area contributed by atoms with E-state index in [-0.39, 0.29) is 5.69 Å². The van der Waals surface area contributed by atoms with Crippen molar-refractivity contribution in [1.82, 2.24) is 20.2 Å². The van der Waals surface area contributed by atoms with Crippen LogP contribution in [-0.2, 0) is 22.5 Å². The Morgan fingerprint density at radius 2 is 1.72 bits per heavy atom. The molecule has 9 nitrogen and oxygen atoms in total. The number of hydrogen-bond acceptors (Lipinski definition) is 11. The fourth-order valence-corrected chi connectivity index (χ4v) is 5.50. The summed E-state index contributed by atoms with van der Waals surface area (Å²) in [5.74, 6) is 0.788. The molecule has 11 heteroatoms. The Hall–Kier alpha value is -3.93. The zero-order valence-electron chi connectivity index (χ0n) is 21.6. The van der Waals surface area contributed by atoms with Gasteiger partial charge in [0, 0.05) is 23.1 Å². The van der Waals surface area contributed by atoms with Gasteiger partial charge in [-0.25, -0.2) is 14.8 Å². The topological polar surface area (TPSA) is 111 Å². The molecule has 5 aromatic rings. The van der Waals surface area contributed by atoms with Crippen LogP contribution >= 0.6 is 22.7 Å². The first-order valence-corrected chi connectivity index (χ1v) is 14.3. The third-order valence-corrected chi connectivity index (χ3v) is 7.61. The van der Waals surface area contributed by atoms with Gasteiger partial charge in [0.05, 0.1) is 23.4 Å². The van der Waals surface area contributed by atoms with E-state index in [1.54, 1.807) is 23.6 Å². The van der Waals surface area contributed by atoms with Crippen LogP contribution in [0.4, 0.5) is 21.9 Å². The number of esters is 1. The van der Waals surface area contributed by atoms with Crippen LogP contribution in [0.1, 0.15) is 40.5 Å². The molecule has 3 aromatic heterocycles. The molecule has 2 N–H and O–H groups in total. The number of carbonyl (C=O) groups is 1. The van der Waals surface area contributed by atoms with Gasteiger partial charge in [-0.3, -0.25) is 0 Å². The highest BCUT2D eigenvalue weighted by Gasteiger charge is 2.18. The lowest BCUT2D eigenvalue weighted by molar-refractivity contribution is 0.0520. The number of anilines is 4. The van der Waals surface area contributed by atoms with Gasteiger partial charge in [0.25, 0.3) is 0 Å². The molecule has 0 saturated heterocycles. The SMILES string of the molecule is CCOC(=O)c1csc(Nc2nnc(Nc3nc4ccccc4s3)c(C)c2CCCOCc2ccccc2)n1. The normalized spacial score (nSPS) is 11.0. The van der Waals surface area contributed by atoms with Gasteiger partial charge < -0.3 is 20.1 Å². The first-order valence-electron chi connectivity index (χ1n) is 12.6. The number of nitrogens with one attached hydrogen (secondary N) is 2. The minimum Gasteiger partial charge on any atom is -0.461 e. The van der Waals surface area contributed by atoms with Gasteiger partial charge in [-0.15, -0.1) is 21.5 Å². The molecule has 0 saturated carbocycles. The van der Waals surface area contributed by atoms with Crippen molar-refractivity contribution in [2.45, 2.75) is 33.3 Å². The van der Waals surface area contributed by atoms with E-state index in [4.69, 9.17) is 9.47 Å². The van der Waals surface area contributed by atoms with Crippen molar-refractivity contribution in [3.05, 3.63) is 82.4 Å². The summed E-state index contributed by atoms with van der Waals surface area (Å²) < 4.78 is 12.1. The molecule has 0 aliphatic carbocycles. The lowest BCUT2D eigenvalue weighted by Gasteiger charge is -2.15. The summed E-state index contributed by atoms with van der Waals surface area (Å²) in [5, 5.41) is 18.5. The van der Waals surface area contributed by atoms with Crippen LogP contribution in [0.3, 0.4) is 0 Å². The molecule has 0 spiro atoms. The van der Waals surface area contributed by atoms with Gasteiger partial charge in [0.2, 0.25) is 0 Å². The molecular formula is C28H28N6O3S2. The maximum absolute atomic E-state index is 12.1. The van der Waals surface area contributed by atoms with Crippen LogP contribution in [0.15, 0.2) is 60.0 Å². The third-order valence-electron chi connectivity index (χ3n) is 5.90. The van der Waals surface area contributed by atoms with Gasteiger partial charge >= 0.3 is 5.97 Å². The number of benzene rings is 2. The van der Waals surface area contributed by atoms with E-state index in [2.05, 4.69) is 42.9 Å². The standard InChI is InChI=1S/C28H28N6O3S2/c1-3-37-26(35)22-17-38-27(30-22)32-25-20(12-9-15-36-16-19-10-5-4-6-11-19)18(2)24(33-34-25)31-28-29-21-13-7-8-14-23(21)39-28/h4-8,10-11,13-14,17H,3,9,12,15-16H2,1-2H3,(H,29,31,33)(H,30,32,34). The van der Waals surface area contributed by atoms with Crippen molar-refractivity contribution in [2.75, 3.05) is 23.8 Å². The van der Waals surface area contributed by atoms with Crippen molar-refractivity contribution in [3.63, 3.8) is 0 Å². The second-order valence-corrected chi connectivity index (χ2v) is 10.5. The fourth-order valence-electron chi connectivity index (χ4n) is 3.95. The lowest BCUT2D eigenvalue weighted by atomic mass is 10.1. The molecule has 200 valence electrons. The van der Waals surface area contributed by atoms with Crippen molar-refractivity contribution < 1.29 is 14.3 Å². The van der Waals surface area contributed by atoms with E-state index in [0.717, 1.165) is 38.5 Å². The first kappa shape index (κ1) is 26.7. The Morgan fingerprint density at radius 1 is 0.949 bits per heavy atom. The molecule has 0 amide bonds. The van der Waals surface area contributed by atoms with E-state index in [9.17, 15) is 4.79 Å².